The molecule has 4 rings (SSSR count). The van der Waals surface area contributed by atoms with Gasteiger partial charge in [-0.3, -0.25) is 14.4 Å². The zero-order valence-electron chi connectivity index (χ0n) is 14.4. The van der Waals surface area contributed by atoms with Gasteiger partial charge in [0.2, 0.25) is 0 Å². The van der Waals surface area contributed by atoms with Crippen molar-refractivity contribution in [2.24, 2.45) is 7.05 Å². The van der Waals surface area contributed by atoms with Crippen molar-refractivity contribution < 1.29 is 4.79 Å². The number of hydrogen-bond donors (Lipinski definition) is 1. The minimum absolute atomic E-state index is 0.0817. The van der Waals surface area contributed by atoms with Crippen LogP contribution in [-0.2, 0) is 13.6 Å². The summed E-state index contributed by atoms with van der Waals surface area (Å²) in [5.74, 6) is 0.0817. The molecule has 2 aliphatic rings. The lowest BCUT2D eigenvalue weighted by atomic mass is 9.93. The number of aryl methyl sites for hydroxylation is 1. The summed E-state index contributed by atoms with van der Waals surface area (Å²) < 4.78 is 1.76. The Morgan fingerprint density at radius 1 is 1.36 bits per heavy atom. The predicted octanol–water partition coefficient (Wildman–Crippen LogP) is 3.75. The van der Waals surface area contributed by atoms with Crippen LogP contribution in [0.2, 0.25) is 5.02 Å². The van der Waals surface area contributed by atoms with Gasteiger partial charge in [-0.1, -0.05) is 11.6 Å². The first-order valence-electron chi connectivity index (χ1n) is 8.93. The molecule has 5 nitrogen and oxygen atoms in total. The van der Waals surface area contributed by atoms with Crippen LogP contribution in [0.25, 0.3) is 0 Å². The summed E-state index contributed by atoms with van der Waals surface area (Å²) in [5, 5.41) is 8.31. The fourth-order valence-corrected chi connectivity index (χ4v) is 4.93. The molecule has 2 fully saturated rings. The van der Waals surface area contributed by atoms with Gasteiger partial charge in [0.05, 0.1) is 15.6 Å². The quantitative estimate of drug-likeness (QED) is 0.861. The van der Waals surface area contributed by atoms with Crippen LogP contribution >= 0.6 is 22.9 Å². The second-order valence-electron chi connectivity index (χ2n) is 7.03. The number of aromatic nitrogens is 2. The summed E-state index contributed by atoms with van der Waals surface area (Å²) in [4.78, 5) is 16.9. The number of rotatable bonds is 5. The topological polar surface area (TPSA) is 50.2 Å². The maximum atomic E-state index is 12.4. The standard InChI is InChI=1S/C18H23ClN4OS/c1-22-10-13(19)14(21-22)11-23-9-3-6-15(23)16-7-8-17(25-16)18(24)20-12-4-2-5-12/h7-8,10,12,15H,2-6,9,11H2,1H3,(H,20,24)/t15-/m0/s1. The Morgan fingerprint density at radius 3 is 2.88 bits per heavy atom. The van der Waals surface area contributed by atoms with Gasteiger partial charge in [0.15, 0.2) is 0 Å². The van der Waals surface area contributed by atoms with Crippen LogP contribution in [0.15, 0.2) is 18.3 Å². The van der Waals surface area contributed by atoms with E-state index in [4.69, 9.17) is 11.6 Å². The van der Waals surface area contributed by atoms with Gasteiger partial charge in [-0.15, -0.1) is 11.3 Å². The lowest BCUT2D eigenvalue weighted by Crippen LogP contribution is -2.39. The van der Waals surface area contributed by atoms with Crippen molar-refractivity contribution in [3.8, 4) is 0 Å². The summed E-state index contributed by atoms with van der Waals surface area (Å²) >= 11 is 7.90. The van der Waals surface area contributed by atoms with Gasteiger partial charge in [-0.05, 0) is 50.8 Å². The number of amides is 1. The predicted molar refractivity (Wildman–Crippen MR) is 100 cm³/mol. The van der Waals surface area contributed by atoms with Gasteiger partial charge >= 0.3 is 0 Å². The summed E-state index contributed by atoms with van der Waals surface area (Å²) in [6.07, 6.45) is 7.59. The summed E-state index contributed by atoms with van der Waals surface area (Å²) in [6.45, 7) is 1.80. The number of hydrogen-bond acceptors (Lipinski definition) is 4. The van der Waals surface area contributed by atoms with Crippen molar-refractivity contribution in [2.75, 3.05) is 6.54 Å². The molecule has 0 radical (unpaired) electrons. The lowest BCUT2D eigenvalue weighted by molar-refractivity contribution is 0.0921. The molecule has 1 saturated heterocycles. The fraction of sp³-hybridized carbons (Fsp3) is 0.556. The highest BCUT2D eigenvalue weighted by Crippen LogP contribution is 2.37. The molecule has 1 atom stereocenters. The van der Waals surface area contributed by atoms with E-state index in [0.29, 0.717) is 12.1 Å². The van der Waals surface area contributed by atoms with Crippen molar-refractivity contribution in [3.63, 3.8) is 0 Å². The third-order valence-corrected chi connectivity index (χ3v) is 6.69. The zero-order valence-corrected chi connectivity index (χ0v) is 15.9. The molecule has 1 aliphatic carbocycles. The smallest absolute Gasteiger partial charge is 0.261 e. The fourth-order valence-electron chi connectivity index (χ4n) is 3.61. The van der Waals surface area contributed by atoms with Crippen molar-refractivity contribution in [1.82, 2.24) is 20.0 Å². The number of nitrogens with zero attached hydrogens (tertiary/aromatic N) is 3. The summed E-state index contributed by atoms with van der Waals surface area (Å²) in [6, 6.07) is 4.82. The zero-order chi connectivity index (χ0) is 17.4. The first-order chi connectivity index (χ1) is 12.1. The molecule has 1 saturated carbocycles. The van der Waals surface area contributed by atoms with E-state index < -0.39 is 0 Å². The maximum Gasteiger partial charge on any atom is 0.261 e. The molecular weight excluding hydrogens is 356 g/mol. The van der Waals surface area contributed by atoms with E-state index in [1.165, 1.54) is 11.3 Å². The molecule has 0 aromatic carbocycles. The molecule has 7 heteroatoms. The molecule has 2 aromatic rings. The molecule has 25 heavy (non-hydrogen) atoms. The molecule has 2 aromatic heterocycles. The average Bonchev–Trinajstić information content (AvgIpc) is 3.24. The molecule has 1 aliphatic heterocycles. The molecule has 0 spiro atoms. The maximum absolute atomic E-state index is 12.4. The van der Waals surface area contributed by atoms with Crippen LogP contribution in [0.4, 0.5) is 0 Å². The van der Waals surface area contributed by atoms with Crippen molar-refractivity contribution >= 4 is 28.8 Å². The summed E-state index contributed by atoms with van der Waals surface area (Å²) in [7, 11) is 1.89. The second kappa shape index (κ2) is 7.09. The summed E-state index contributed by atoms with van der Waals surface area (Å²) in [5.41, 5.74) is 0.926. The molecule has 134 valence electrons. The third kappa shape index (κ3) is 3.61. The lowest BCUT2D eigenvalue weighted by Gasteiger charge is -2.26. The Bertz CT molecular complexity index is 767. The van der Waals surface area contributed by atoms with Gasteiger partial charge in [0.25, 0.3) is 5.91 Å². The number of likely N-dealkylation sites (tertiary alicyclic amines) is 1. The van der Waals surface area contributed by atoms with Crippen molar-refractivity contribution in [1.29, 1.82) is 0 Å². The number of carbonyl (C=O) groups is 1. The van der Waals surface area contributed by atoms with Crippen LogP contribution in [0.3, 0.4) is 0 Å². The number of nitrogens with one attached hydrogen (secondary N) is 1. The first kappa shape index (κ1) is 17.1. The van der Waals surface area contributed by atoms with Crippen LogP contribution < -0.4 is 5.32 Å². The number of halogens is 1. The van der Waals surface area contributed by atoms with Crippen LogP contribution in [0.5, 0.6) is 0 Å². The van der Waals surface area contributed by atoms with E-state index >= 15 is 0 Å². The first-order valence-corrected chi connectivity index (χ1v) is 10.1. The highest BCUT2D eigenvalue weighted by molar-refractivity contribution is 7.14. The molecule has 0 bridgehead atoms. The van der Waals surface area contributed by atoms with Gasteiger partial charge < -0.3 is 5.32 Å². The highest BCUT2D eigenvalue weighted by Gasteiger charge is 2.29. The number of carbonyl (C=O) groups excluding carboxylic acids is 1. The molecule has 1 amide bonds. The van der Waals surface area contributed by atoms with Crippen molar-refractivity contribution in [2.45, 2.75) is 50.7 Å². The largest absolute Gasteiger partial charge is 0.349 e. The highest BCUT2D eigenvalue weighted by atomic mass is 35.5. The molecular formula is C18H23ClN4OS. The Labute approximate surface area is 157 Å². The molecule has 1 N–H and O–H groups in total. The van der Waals surface area contributed by atoms with Gasteiger partial charge in [0.1, 0.15) is 0 Å². The van der Waals surface area contributed by atoms with Crippen molar-refractivity contribution in [3.05, 3.63) is 38.8 Å². The molecule has 0 unspecified atom stereocenters. The van der Waals surface area contributed by atoms with E-state index in [9.17, 15) is 4.79 Å². The monoisotopic (exact) mass is 378 g/mol. The van der Waals surface area contributed by atoms with E-state index in [2.05, 4.69) is 21.4 Å². The van der Waals surface area contributed by atoms with Crippen LogP contribution in [0.1, 0.15) is 58.4 Å². The average molecular weight is 379 g/mol. The SMILES string of the molecule is Cn1cc(Cl)c(CN2CCC[C@H]2c2ccc(C(=O)NC3CCC3)s2)n1. The van der Waals surface area contributed by atoms with E-state index in [-0.39, 0.29) is 5.91 Å². The van der Waals surface area contributed by atoms with E-state index in [1.54, 1.807) is 16.0 Å². The Morgan fingerprint density at radius 2 is 2.20 bits per heavy atom. The van der Waals surface area contributed by atoms with Gasteiger partial charge in [-0.25, -0.2) is 0 Å². The molecule has 3 heterocycles. The second-order valence-corrected chi connectivity index (χ2v) is 8.55. The minimum atomic E-state index is 0.0817. The minimum Gasteiger partial charge on any atom is -0.349 e. The number of thiophene rings is 1. The van der Waals surface area contributed by atoms with Gasteiger partial charge in [-0.2, -0.15) is 5.10 Å². The van der Waals surface area contributed by atoms with Crippen LogP contribution in [0, 0.1) is 0 Å². The Kier molecular flexibility index (Phi) is 4.84. The third-order valence-electron chi connectivity index (χ3n) is 5.19. The van der Waals surface area contributed by atoms with E-state index in [0.717, 1.165) is 54.4 Å². The van der Waals surface area contributed by atoms with E-state index in [1.807, 2.05) is 19.3 Å². The van der Waals surface area contributed by atoms with Gasteiger partial charge in [0, 0.05) is 36.8 Å². The Hall–Kier alpha value is -1.37. The Balaban J connectivity index is 1.45. The van der Waals surface area contributed by atoms with Crippen LogP contribution in [-0.4, -0.2) is 33.2 Å². The normalized spacial score (nSPS) is 21.4.